The third-order valence-electron chi connectivity index (χ3n) is 3.04. The monoisotopic (exact) mass is 290 g/mol. The summed E-state index contributed by atoms with van der Waals surface area (Å²) in [5, 5.41) is 0.803. The molecule has 0 radical (unpaired) electrons. The molecule has 0 aliphatic rings. The van der Waals surface area contributed by atoms with Gasteiger partial charge in [0.1, 0.15) is 0 Å². The molecule has 1 heterocycles. The highest BCUT2D eigenvalue weighted by Crippen LogP contribution is 2.26. The van der Waals surface area contributed by atoms with Crippen LogP contribution >= 0.6 is 0 Å². The van der Waals surface area contributed by atoms with Crippen molar-refractivity contribution in [1.82, 2.24) is 9.97 Å². The summed E-state index contributed by atoms with van der Waals surface area (Å²) in [5.74, 6) is 1.10. The molecule has 0 bridgehead atoms. The molecule has 3 rings (SSSR count). The number of hydrogen-bond acceptors (Lipinski definition) is 3. The SMILES string of the molecule is NC=NC(N)=Nc1nc(-c2ccccc2)nc2ccccc12. The highest BCUT2D eigenvalue weighted by Gasteiger charge is 2.08. The zero-order valence-corrected chi connectivity index (χ0v) is 11.7. The molecular formula is C16H14N6. The van der Waals surface area contributed by atoms with Gasteiger partial charge in [-0.15, -0.1) is 0 Å². The molecule has 0 unspecified atom stereocenters. The Kier molecular flexibility index (Phi) is 3.74. The Labute approximate surface area is 127 Å². The van der Waals surface area contributed by atoms with Crippen molar-refractivity contribution < 1.29 is 0 Å². The summed E-state index contributed by atoms with van der Waals surface area (Å²) in [6.45, 7) is 0. The minimum absolute atomic E-state index is 0.0466. The highest BCUT2D eigenvalue weighted by molar-refractivity contribution is 5.94. The Morgan fingerprint density at radius 3 is 2.45 bits per heavy atom. The van der Waals surface area contributed by atoms with Crippen LogP contribution in [-0.4, -0.2) is 22.3 Å². The maximum Gasteiger partial charge on any atom is 0.223 e. The largest absolute Gasteiger partial charge is 0.390 e. The molecule has 3 aromatic rings. The van der Waals surface area contributed by atoms with Crippen LogP contribution in [0.5, 0.6) is 0 Å². The average molecular weight is 290 g/mol. The smallest absolute Gasteiger partial charge is 0.223 e. The second kappa shape index (κ2) is 6.01. The zero-order valence-electron chi connectivity index (χ0n) is 11.7. The molecule has 22 heavy (non-hydrogen) atoms. The molecule has 1 aromatic heterocycles. The van der Waals surface area contributed by atoms with Crippen molar-refractivity contribution in [3.8, 4) is 11.4 Å². The molecule has 0 saturated heterocycles. The second-order valence-corrected chi connectivity index (χ2v) is 4.50. The maximum atomic E-state index is 5.71. The van der Waals surface area contributed by atoms with Crippen molar-refractivity contribution in [1.29, 1.82) is 0 Å². The summed E-state index contributed by atoms with van der Waals surface area (Å²) in [6, 6.07) is 17.3. The minimum atomic E-state index is 0.0466. The first kappa shape index (κ1) is 13.7. The average Bonchev–Trinajstić information content (AvgIpc) is 2.56. The molecule has 0 fully saturated rings. The number of guanidine groups is 1. The number of benzene rings is 2. The van der Waals surface area contributed by atoms with Crippen LogP contribution < -0.4 is 11.5 Å². The minimum Gasteiger partial charge on any atom is -0.390 e. The molecule has 0 aliphatic carbocycles. The van der Waals surface area contributed by atoms with Crippen molar-refractivity contribution in [2.45, 2.75) is 0 Å². The van der Waals surface area contributed by atoms with Crippen molar-refractivity contribution in [2.24, 2.45) is 21.5 Å². The number of nitrogens with two attached hydrogens (primary N) is 2. The number of rotatable bonds is 2. The van der Waals surface area contributed by atoms with Crippen LogP contribution in [0.2, 0.25) is 0 Å². The molecule has 0 aliphatic heterocycles. The predicted octanol–water partition coefficient (Wildman–Crippen LogP) is 2.23. The van der Waals surface area contributed by atoms with Gasteiger partial charge in [-0.3, -0.25) is 0 Å². The van der Waals surface area contributed by atoms with Gasteiger partial charge in [-0.05, 0) is 12.1 Å². The molecule has 0 amide bonds. The lowest BCUT2D eigenvalue weighted by Gasteiger charge is -2.05. The van der Waals surface area contributed by atoms with Gasteiger partial charge < -0.3 is 11.5 Å². The van der Waals surface area contributed by atoms with Gasteiger partial charge in [-0.2, -0.15) is 4.99 Å². The van der Waals surface area contributed by atoms with Crippen LogP contribution in [0.4, 0.5) is 5.82 Å². The fourth-order valence-electron chi connectivity index (χ4n) is 2.08. The van der Waals surface area contributed by atoms with Crippen LogP contribution in [0.3, 0.4) is 0 Å². The van der Waals surface area contributed by atoms with E-state index in [1.807, 2.05) is 54.6 Å². The summed E-state index contributed by atoms with van der Waals surface area (Å²) >= 11 is 0. The normalized spacial score (nSPS) is 12.1. The van der Waals surface area contributed by atoms with E-state index in [0.29, 0.717) is 11.6 Å². The van der Waals surface area contributed by atoms with Gasteiger partial charge in [0, 0.05) is 10.9 Å². The summed E-state index contributed by atoms with van der Waals surface area (Å²) in [7, 11) is 0. The molecule has 108 valence electrons. The van der Waals surface area contributed by atoms with Crippen LogP contribution in [0.1, 0.15) is 0 Å². The maximum absolute atomic E-state index is 5.71. The van der Waals surface area contributed by atoms with Gasteiger partial charge in [0.05, 0.1) is 11.9 Å². The molecule has 6 heteroatoms. The van der Waals surface area contributed by atoms with Crippen molar-refractivity contribution in [2.75, 3.05) is 0 Å². The molecule has 0 saturated carbocycles. The molecular weight excluding hydrogens is 276 g/mol. The van der Waals surface area contributed by atoms with E-state index in [0.717, 1.165) is 22.8 Å². The van der Waals surface area contributed by atoms with Crippen molar-refractivity contribution in [3.05, 3.63) is 54.6 Å². The van der Waals surface area contributed by atoms with E-state index in [4.69, 9.17) is 11.5 Å². The fourth-order valence-corrected chi connectivity index (χ4v) is 2.08. The van der Waals surface area contributed by atoms with E-state index in [-0.39, 0.29) is 5.96 Å². The third kappa shape index (κ3) is 2.76. The Morgan fingerprint density at radius 1 is 0.955 bits per heavy atom. The number of hydrogen-bond donors (Lipinski definition) is 2. The Morgan fingerprint density at radius 2 is 1.68 bits per heavy atom. The standard InChI is InChI=1S/C16H14N6/c17-10-19-16(18)22-15-12-8-4-5-9-13(12)20-14(21-15)11-6-2-1-3-7-11/h1-10H,(H4,17,18,19,20,21,22). The number of para-hydroxylation sites is 1. The first-order valence-corrected chi connectivity index (χ1v) is 6.68. The number of aromatic nitrogens is 2. The lowest BCUT2D eigenvalue weighted by Crippen LogP contribution is -2.10. The van der Waals surface area contributed by atoms with E-state index in [9.17, 15) is 0 Å². The van der Waals surface area contributed by atoms with Gasteiger partial charge >= 0.3 is 0 Å². The summed E-state index contributed by atoms with van der Waals surface area (Å²) < 4.78 is 0. The Bertz CT molecular complexity index is 855. The topological polar surface area (TPSA) is 103 Å². The predicted molar refractivity (Wildman–Crippen MR) is 88.9 cm³/mol. The quantitative estimate of drug-likeness (QED) is 0.558. The summed E-state index contributed by atoms with van der Waals surface area (Å²) in [4.78, 5) is 17.1. The fraction of sp³-hybridized carbons (Fsp3) is 0. The highest BCUT2D eigenvalue weighted by atomic mass is 15.1. The third-order valence-corrected chi connectivity index (χ3v) is 3.04. The van der Waals surface area contributed by atoms with Crippen molar-refractivity contribution in [3.63, 3.8) is 0 Å². The molecule has 0 atom stereocenters. The van der Waals surface area contributed by atoms with E-state index in [1.165, 1.54) is 0 Å². The number of nitrogens with zero attached hydrogens (tertiary/aromatic N) is 4. The summed E-state index contributed by atoms with van der Waals surface area (Å²) in [6.07, 6.45) is 1.10. The molecule has 0 spiro atoms. The van der Waals surface area contributed by atoms with E-state index in [2.05, 4.69) is 20.0 Å². The van der Waals surface area contributed by atoms with E-state index >= 15 is 0 Å². The number of aliphatic imine (C=N–C) groups is 2. The summed E-state index contributed by atoms with van der Waals surface area (Å²) in [5.41, 5.74) is 12.6. The first-order valence-electron chi connectivity index (χ1n) is 6.68. The zero-order chi connectivity index (χ0) is 15.4. The molecule has 4 N–H and O–H groups in total. The van der Waals surface area contributed by atoms with Gasteiger partial charge in [-0.25, -0.2) is 15.0 Å². The van der Waals surface area contributed by atoms with Gasteiger partial charge in [-0.1, -0.05) is 42.5 Å². The van der Waals surface area contributed by atoms with Crippen LogP contribution in [0.25, 0.3) is 22.3 Å². The van der Waals surface area contributed by atoms with Crippen molar-refractivity contribution >= 4 is 29.0 Å². The molecule has 6 nitrogen and oxygen atoms in total. The number of fused-ring (bicyclic) bond motifs is 1. The first-order chi connectivity index (χ1) is 10.8. The lowest BCUT2D eigenvalue weighted by atomic mass is 10.2. The van der Waals surface area contributed by atoms with Crippen LogP contribution in [0, 0.1) is 0 Å². The van der Waals surface area contributed by atoms with Crippen LogP contribution in [-0.2, 0) is 0 Å². The van der Waals surface area contributed by atoms with E-state index in [1.54, 1.807) is 0 Å². The Hall–Kier alpha value is -3.28. The van der Waals surface area contributed by atoms with E-state index < -0.39 is 0 Å². The second-order valence-electron chi connectivity index (χ2n) is 4.50. The Balaban J connectivity index is 2.23. The van der Waals surface area contributed by atoms with Crippen LogP contribution in [0.15, 0.2) is 64.6 Å². The van der Waals surface area contributed by atoms with Gasteiger partial charge in [0.2, 0.25) is 5.96 Å². The lowest BCUT2D eigenvalue weighted by molar-refractivity contribution is 1.20. The van der Waals surface area contributed by atoms with Gasteiger partial charge in [0.25, 0.3) is 0 Å². The van der Waals surface area contributed by atoms with Gasteiger partial charge in [0.15, 0.2) is 11.6 Å². The molecule has 2 aromatic carbocycles.